The second-order valence-corrected chi connectivity index (χ2v) is 6.86. The highest BCUT2D eigenvalue weighted by atomic mass is 35.5. The van der Waals surface area contributed by atoms with Gasteiger partial charge >= 0.3 is 0 Å². The highest BCUT2D eigenvalue weighted by Crippen LogP contribution is 2.13. The summed E-state index contributed by atoms with van der Waals surface area (Å²) in [6, 6.07) is 15.5. The third-order valence-corrected chi connectivity index (χ3v) is 3.81. The molecule has 6 heteroatoms. The molecule has 0 aliphatic carbocycles. The number of carbonyl (C=O) groups is 2. The molecule has 2 aromatic rings. The molecule has 0 spiro atoms. The molecule has 0 bridgehead atoms. The fourth-order valence-corrected chi connectivity index (χ4v) is 2.21. The maximum absolute atomic E-state index is 12.6. The molecule has 2 rings (SSSR count). The number of aliphatic hydroxyl groups is 1. The Bertz CT molecular complexity index is 800. The van der Waals surface area contributed by atoms with Crippen molar-refractivity contribution in [3.05, 3.63) is 76.4 Å². The highest BCUT2D eigenvalue weighted by Gasteiger charge is 2.22. The van der Waals surface area contributed by atoms with Crippen molar-refractivity contribution in [1.29, 1.82) is 0 Å². The van der Waals surface area contributed by atoms with Gasteiger partial charge in [0.05, 0.1) is 12.1 Å². The second kappa shape index (κ2) is 8.65. The van der Waals surface area contributed by atoms with Gasteiger partial charge < -0.3 is 15.7 Å². The third-order valence-electron chi connectivity index (χ3n) is 3.56. The van der Waals surface area contributed by atoms with Gasteiger partial charge in [-0.05, 0) is 49.8 Å². The standard InChI is InChI=1S/C20H21ClN2O3/c1-20(2,13-24)23-19(26)17(12-14-8-10-16(21)11-9-14)22-18(25)15-6-4-3-5-7-15/h3-12,24H,13H2,1-2H3,(H,22,25)(H,23,26)/b17-12+. The van der Waals surface area contributed by atoms with Gasteiger partial charge in [0, 0.05) is 10.6 Å². The number of hydrogen-bond donors (Lipinski definition) is 3. The van der Waals surface area contributed by atoms with Crippen LogP contribution >= 0.6 is 11.6 Å². The lowest BCUT2D eigenvalue weighted by Crippen LogP contribution is -2.48. The molecule has 0 aromatic heterocycles. The van der Waals surface area contributed by atoms with E-state index in [4.69, 9.17) is 11.6 Å². The van der Waals surface area contributed by atoms with E-state index in [-0.39, 0.29) is 12.3 Å². The third kappa shape index (κ3) is 5.72. The van der Waals surface area contributed by atoms with E-state index in [2.05, 4.69) is 10.6 Å². The molecular formula is C20H21ClN2O3. The Balaban J connectivity index is 2.30. The molecule has 2 amide bonds. The number of hydrogen-bond acceptors (Lipinski definition) is 3. The van der Waals surface area contributed by atoms with E-state index < -0.39 is 17.4 Å². The normalized spacial score (nSPS) is 11.8. The molecule has 0 saturated heterocycles. The minimum Gasteiger partial charge on any atom is -0.394 e. The van der Waals surface area contributed by atoms with Crippen molar-refractivity contribution in [3.63, 3.8) is 0 Å². The van der Waals surface area contributed by atoms with Gasteiger partial charge in [0.1, 0.15) is 5.70 Å². The zero-order valence-electron chi connectivity index (χ0n) is 14.6. The summed E-state index contributed by atoms with van der Waals surface area (Å²) in [5.41, 5.74) is 0.384. The highest BCUT2D eigenvalue weighted by molar-refractivity contribution is 6.30. The van der Waals surface area contributed by atoms with E-state index in [1.165, 1.54) is 0 Å². The first-order valence-corrected chi connectivity index (χ1v) is 8.45. The summed E-state index contributed by atoms with van der Waals surface area (Å²) in [6.07, 6.45) is 1.56. The lowest BCUT2D eigenvalue weighted by molar-refractivity contribution is -0.119. The molecule has 0 unspecified atom stereocenters. The summed E-state index contributed by atoms with van der Waals surface area (Å²) in [7, 11) is 0. The maximum atomic E-state index is 12.6. The van der Waals surface area contributed by atoms with Crippen LogP contribution < -0.4 is 10.6 Å². The van der Waals surface area contributed by atoms with Gasteiger partial charge in [-0.15, -0.1) is 0 Å². The van der Waals surface area contributed by atoms with E-state index >= 15 is 0 Å². The number of benzene rings is 2. The molecule has 0 radical (unpaired) electrons. The Morgan fingerprint density at radius 1 is 1.08 bits per heavy atom. The monoisotopic (exact) mass is 372 g/mol. The van der Waals surface area contributed by atoms with E-state index in [0.717, 1.165) is 0 Å². The Labute approximate surface area is 157 Å². The Morgan fingerprint density at radius 2 is 1.69 bits per heavy atom. The van der Waals surface area contributed by atoms with Crippen LogP contribution in [0.5, 0.6) is 0 Å². The van der Waals surface area contributed by atoms with Gasteiger partial charge in [0.15, 0.2) is 0 Å². The summed E-state index contributed by atoms with van der Waals surface area (Å²) < 4.78 is 0. The minimum absolute atomic E-state index is 0.0719. The second-order valence-electron chi connectivity index (χ2n) is 6.43. The molecular weight excluding hydrogens is 352 g/mol. The van der Waals surface area contributed by atoms with Crippen LogP contribution in [0.4, 0.5) is 0 Å². The zero-order valence-corrected chi connectivity index (χ0v) is 15.4. The fourth-order valence-electron chi connectivity index (χ4n) is 2.08. The summed E-state index contributed by atoms with van der Waals surface area (Å²) in [5, 5.41) is 15.3. The molecule has 2 aromatic carbocycles. The summed E-state index contributed by atoms with van der Waals surface area (Å²) in [5.74, 6) is -0.897. The van der Waals surface area contributed by atoms with Gasteiger partial charge in [0.25, 0.3) is 11.8 Å². The summed E-state index contributed by atoms with van der Waals surface area (Å²) in [6.45, 7) is 3.13. The lowest BCUT2D eigenvalue weighted by atomic mass is 10.1. The first-order valence-electron chi connectivity index (χ1n) is 8.08. The lowest BCUT2D eigenvalue weighted by Gasteiger charge is -2.24. The van der Waals surface area contributed by atoms with Crippen LogP contribution in [-0.4, -0.2) is 29.1 Å². The molecule has 3 N–H and O–H groups in total. The SMILES string of the molecule is CC(C)(CO)NC(=O)/C(=C\c1ccc(Cl)cc1)NC(=O)c1ccccc1. The van der Waals surface area contributed by atoms with Crippen molar-refractivity contribution in [1.82, 2.24) is 10.6 Å². The number of halogens is 1. The summed E-state index contributed by atoms with van der Waals surface area (Å²) >= 11 is 5.88. The molecule has 0 aliphatic heterocycles. The van der Waals surface area contributed by atoms with E-state index in [9.17, 15) is 14.7 Å². The molecule has 26 heavy (non-hydrogen) atoms. The first-order chi connectivity index (χ1) is 12.3. The minimum atomic E-state index is -0.826. The predicted octanol–water partition coefficient (Wildman–Crippen LogP) is 3.00. The average Bonchev–Trinajstić information content (AvgIpc) is 2.63. The quantitative estimate of drug-likeness (QED) is 0.682. The zero-order chi connectivity index (χ0) is 19.2. The van der Waals surface area contributed by atoms with Crippen molar-refractivity contribution >= 4 is 29.5 Å². The molecule has 136 valence electrons. The summed E-state index contributed by atoms with van der Waals surface area (Å²) in [4.78, 5) is 25.1. The van der Waals surface area contributed by atoms with Crippen molar-refractivity contribution in [3.8, 4) is 0 Å². The average molecular weight is 373 g/mol. The van der Waals surface area contributed by atoms with Crippen LogP contribution in [0.15, 0.2) is 60.3 Å². The van der Waals surface area contributed by atoms with Crippen LogP contribution in [0.3, 0.4) is 0 Å². The Morgan fingerprint density at radius 3 is 2.27 bits per heavy atom. The van der Waals surface area contributed by atoms with Crippen molar-refractivity contribution in [2.24, 2.45) is 0 Å². The van der Waals surface area contributed by atoms with Gasteiger partial charge in [0.2, 0.25) is 0 Å². The predicted molar refractivity (Wildman–Crippen MR) is 103 cm³/mol. The maximum Gasteiger partial charge on any atom is 0.268 e. The van der Waals surface area contributed by atoms with E-state index in [1.54, 1.807) is 74.5 Å². The van der Waals surface area contributed by atoms with Gasteiger partial charge in [-0.1, -0.05) is 41.9 Å². The topological polar surface area (TPSA) is 78.4 Å². The van der Waals surface area contributed by atoms with Crippen LogP contribution in [-0.2, 0) is 4.79 Å². The van der Waals surface area contributed by atoms with Gasteiger partial charge in [-0.25, -0.2) is 0 Å². The van der Waals surface area contributed by atoms with Crippen LogP contribution in [0.25, 0.3) is 6.08 Å². The number of rotatable bonds is 6. The van der Waals surface area contributed by atoms with E-state index in [0.29, 0.717) is 16.1 Å². The molecule has 0 fully saturated rings. The fraction of sp³-hybridized carbons (Fsp3) is 0.200. The van der Waals surface area contributed by atoms with Gasteiger partial charge in [-0.3, -0.25) is 9.59 Å². The number of nitrogens with one attached hydrogen (secondary N) is 2. The molecule has 5 nitrogen and oxygen atoms in total. The van der Waals surface area contributed by atoms with Gasteiger partial charge in [-0.2, -0.15) is 0 Å². The number of carbonyl (C=O) groups excluding carboxylic acids is 2. The number of aliphatic hydroxyl groups excluding tert-OH is 1. The van der Waals surface area contributed by atoms with Crippen LogP contribution in [0, 0.1) is 0 Å². The molecule has 0 atom stereocenters. The molecule has 0 aliphatic rings. The first kappa shape index (κ1) is 19.7. The van der Waals surface area contributed by atoms with Crippen molar-refractivity contribution < 1.29 is 14.7 Å². The Kier molecular flexibility index (Phi) is 6.55. The van der Waals surface area contributed by atoms with Crippen LogP contribution in [0.1, 0.15) is 29.8 Å². The van der Waals surface area contributed by atoms with Crippen molar-refractivity contribution in [2.45, 2.75) is 19.4 Å². The molecule has 0 saturated carbocycles. The van der Waals surface area contributed by atoms with E-state index in [1.807, 2.05) is 0 Å². The molecule has 0 heterocycles. The largest absolute Gasteiger partial charge is 0.394 e. The van der Waals surface area contributed by atoms with Crippen molar-refractivity contribution in [2.75, 3.05) is 6.61 Å². The smallest absolute Gasteiger partial charge is 0.268 e. The number of amides is 2. The Hall–Kier alpha value is -2.63. The van der Waals surface area contributed by atoms with Crippen LogP contribution in [0.2, 0.25) is 5.02 Å².